The van der Waals surface area contributed by atoms with Gasteiger partial charge in [0, 0.05) is 38.3 Å². The van der Waals surface area contributed by atoms with Crippen molar-refractivity contribution in [3.05, 3.63) is 102 Å². The molecule has 1 aromatic carbocycles. The highest BCUT2D eigenvalue weighted by atomic mass is 16.5. The lowest BCUT2D eigenvalue weighted by Crippen LogP contribution is -2.74. The van der Waals surface area contributed by atoms with Crippen LogP contribution in [0.25, 0.3) is 5.57 Å². The average Bonchev–Trinajstić information content (AvgIpc) is 3.21. The first kappa shape index (κ1) is 27.0. The summed E-state index contributed by atoms with van der Waals surface area (Å²) in [6.07, 6.45) is 8.18. The van der Waals surface area contributed by atoms with Crippen molar-refractivity contribution in [3.8, 4) is 0 Å². The fourth-order valence-electron chi connectivity index (χ4n) is 4.21. The lowest BCUT2D eigenvalue weighted by molar-refractivity contribution is -0.826. The molecule has 12 heteroatoms. The fourth-order valence-corrected chi connectivity index (χ4v) is 4.21. The van der Waals surface area contributed by atoms with E-state index in [-0.39, 0.29) is 23.7 Å². The molecule has 0 fully saturated rings. The molecule has 2 amide bonds. The zero-order chi connectivity index (χ0) is 28.1. The zero-order valence-corrected chi connectivity index (χ0v) is 21.8. The first-order valence-electron chi connectivity index (χ1n) is 12.0. The second kappa shape index (κ2) is 11.5. The summed E-state index contributed by atoms with van der Waals surface area (Å²) in [4.78, 5) is 36.4. The number of benzene rings is 1. The van der Waals surface area contributed by atoms with Gasteiger partial charge in [0.1, 0.15) is 28.8 Å². The summed E-state index contributed by atoms with van der Waals surface area (Å²) in [5, 5.41) is 19.1. The molecule has 0 atom stereocenters. The summed E-state index contributed by atoms with van der Waals surface area (Å²) in [7, 11) is 3.08. The Labute approximate surface area is 225 Å². The van der Waals surface area contributed by atoms with E-state index in [2.05, 4.69) is 32.3 Å². The van der Waals surface area contributed by atoms with E-state index in [1.807, 2.05) is 47.5 Å². The van der Waals surface area contributed by atoms with E-state index in [9.17, 15) is 14.8 Å². The Kier molecular flexibility index (Phi) is 7.98. The quantitative estimate of drug-likeness (QED) is 0.201. The van der Waals surface area contributed by atoms with Crippen LogP contribution in [-0.2, 0) is 23.2 Å². The smallest absolute Gasteiger partial charge is 0.275 e. The maximum absolute atomic E-state index is 13.1. The number of amides is 2. The van der Waals surface area contributed by atoms with Crippen LogP contribution >= 0.6 is 0 Å². The van der Waals surface area contributed by atoms with E-state index >= 15 is 0 Å². The minimum absolute atomic E-state index is 0.0420. The van der Waals surface area contributed by atoms with Crippen molar-refractivity contribution in [2.24, 2.45) is 22.8 Å². The third-order valence-corrected chi connectivity index (χ3v) is 6.18. The van der Waals surface area contributed by atoms with Crippen LogP contribution in [0.5, 0.6) is 0 Å². The number of nitrogens with one attached hydrogen (secondary N) is 2. The van der Waals surface area contributed by atoms with E-state index in [4.69, 9.17) is 5.73 Å². The number of rotatable bonds is 7. The molecule has 1 aromatic heterocycles. The van der Waals surface area contributed by atoms with E-state index in [1.165, 1.54) is 7.05 Å². The number of amidine groups is 1. The third-order valence-electron chi connectivity index (χ3n) is 6.18. The van der Waals surface area contributed by atoms with Crippen LogP contribution in [-0.4, -0.2) is 50.3 Å². The lowest BCUT2D eigenvalue weighted by Gasteiger charge is -2.27. The lowest BCUT2D eigenvalue weighted by atomic mass is 9.97. The van der Waals surface area contributed by atoms with Gasteiger partial charge in [-0.25, -0.2) is 10.2 Å². The molecule has 200 valence electrons. The number of hydrogen-bond donors (Lipinski definition) is 5. The monoisotopic (exact) mass is 528 g/mol. The van der Waals surface area contributed by atoms with Crippen molar-refractivity contribution in [3.63, 3.8) is 0 Å². The van der Waals surface area contributed by atoms with Crippen LogP contribution in [0.2, 0.25) is 0 Å². The van der Waals surface area contributed by atoms with Gasteiger partial charge in [0.05, 0.1) is 12.1 Å². The van der Waals surface area contributed by atoms with Crippen molar-refractivity contribution in [1.82, 2.24) is 25.3 Å². The molecule has 0 saturated heterocycles. The summed E-state index contributed by atoms with van der Waals surface area (Å²) in [5.41, 5.74) is 10.8. The summed E-state index contributed by atoms with van der Waals surface area (Å²) >= 11 is 0. The van der Waals surface area contributed by atoms with E-state index in [0.717, 1.165) is 28.4 Å². The Hall–Kier alpha value is -5.07. The second-order valence-corrected chi connectivity index (χ2v) is 8.64. The first-order valence-corrected chi connectivity index (χ1v) is 12.0. The molecule has 4 rings (SSSR count). The molecule has 2 aliphatic rings. The summed E-state index contributed by atoms with van der Waals surface area (Å²) in [6, 6.07) is 9.88. The van der Waals surface area contributed by atoms with Crippen molar-refractivity contribution >= 4 is 34.6 Å². The maximum atomic E-state index is 13.1. The van der Waals surface area contributed by atoms with Crippen LogP contribution < -0.4 is 21.8 Å². The number of nitrogens with two attached hydrogens (primary N) is 2. The van der Waals surface area contributed by atoms with E-state index < -0.39 is 11.8 Å². The van der Waals surface area contributed by atoms with Gasteiger partial charge in [0.15, 0.2) is 0 Å². The van der Waals surface area contributed by atoms with E-state index in [0.29, 0.717) is 22.9 Å². The minimum Gasteiger partial charge on any atom is -0.404 e. The number of carbonyl (C=O) groups is 2. The van der Waals surface area contributed by atoms with Gasteiger partial charge in [0.25, 0.3) is 11.8 Å². The Morgan fingerprint density at radius 2 is 2.00 bits per heavy atom. The van der Waals surface area contributed by atoms with Crippen LogP contribution in [0.3, 0.4) is 0 Å². The van der Waals surface area contributed by atoms with Crippen molar-refractivity contribution in [2.75, 3.05) is 7.05 Å². The van der Waals surface area contributed by atoms with Gasteiger partial charge in [-0.05, 0) is 30.2 Å². The second-order valence-electron chi connectivity index (χ2n) is 8.64. The molecule has 2 aliphatic heterocycles. The molecular weight excluding hydrogens is 498 g/mol. The van der Waals surface area contributed by atoms with Crippen molar-refractivity contribution < 1.29 is 20.3 Å². The predicted octanol–water partition coefficient (Wildman–Crippen LogP) is 0.639. The van der Waals surface area contributed by atoms with Gasteiger partial charge in [0.2, 0.25) is 5.69 Å². The number of carbonyl (C=O) groups excluding carboxylic acids is 2. The van der Waals surface area contributed by atoms with Crippen LogP contribution in [0.1, 0.15) is 17.0 Å². The van der Waals surface area contributed by atoms with Crippen LogP contribution in [0.15, 0.2) is 94.6 Å². The minimum atomic E-state index is -0.655. The molecule has 0 unspecified atom stereocenters. The highest BCUT2D eigenvalue weighted by Gasteiger charge is 2.26. The van der Waals surface area contributed by atoms with Crippen molar-refractivity contribution in [1.29, 1.82) is 0 Å². The molecule has 2 aromatic rings. The molecular formula is C27H30N9O3+. The Morgan fingerprint density at radius 1 is 1.26 bits per heavy atom. The number of fused-ring (bicyclic) bond motifs is 1. The predicted molar refractivity (Wildman–Crippen MR) is 147 cm³/mol. The van der Waals surface area contributed by atoms with Gasteiger partial charge in [-0.1, -0.05) is 36.9 Å². The topological polar surface area (TPSA) is 167 Å². The molecule has 0 bridgehead atoms. The van der Waals surface area contributed by atoms with Crippen LogP contribution in [0.4, 0.5) is 5.69 Å². The number of quaternary nitrogens is 1. The Bertz CT molecular complexity index is 1510. The standard InChI is InChI=1S/C27H29N9O3/c1-16-12-23-31-22(10-11-36(23)15-20(16)18-8-6-5-7-9-18)32-27(38)25(29-3)19(13-28)26(37)30-14-21-24(34-39)17(2)33-35(21)4/h5-13,15,34,39H,1,14,28H2,2-4H3,(H,30,37)(H,31,32,38)/p+1. The van der Waals surface area contributed by atoms with Crippen LogP contribution in [0, 0.1) is 6.92 Å². The largest absolute Gasteiger partial charge is 0.404 e. The Balaban J connectivity index is 1.44. The number of aliphatic imine (C=N–C) groups is 2. The molecule has 0 spiro atoms. The molecule has 39 heavy (non-hydrogen) atoms. The number of aromatic nitrogens is 2. The van der Waals surface area contributed by atoms with Gasteiger partial charge in [-0.15, -0.1) is 0 Å². The maximum Gasteiger partial charge on any atom is 0.275 e. The van der Waals surface area contributed by atoms with Gasteiger partial charge < -0.3 is 21.3 Å². The molecule has 0 aliphatic carbocycles. The molecule has 0 saturated carbocycles. The fraction of sp³-hybridized carbons (Fsp3) is 0.148. The zero-order valence-electron chi connectivity index (χ0n) is 21.8. The number of aryl methyl sites for hydroxylation is 2. The normalized spacial score (nSPS) is 15.3. The molecule has 0 radical (unpaired) electrons. The summed E-state index contributed by atoms with van der Waals surface area (Å²) in [6.45, 7) is 5.93. The summed E-state index contributed by atoms with van der Waals surface area (Å²) < 4.78 is 1.55. The molecule has 3 heterocycles. The van der Waals surface area contributed by atoms with Gasteiger partial charge in [-0.3, -0.25) is 19.3 Å². The first-order chi connectivity index (χ1) is 18.8. The average molecular weight is 529 g/mol. The highest BCUT2D eigenvalue weighted by molar-refractivity contribution is 6.52. The summed E-state index contributed by atoms with van der Waals surface area (Å²) in [5.74, 6) is -0.438. The third kappa shape index (κ3) is 5.61. The highest BCUT2D eigenvalue weighted by Crippen LogP contribution is 2.31. The SMILES string of the molecule is C=C1C=C2N=C(NC(=O)C(=NC)C(=CN)C(=O)NCc3c([NH2+]O)c(C)nn3C)C=CN2C=C1c1ccccc1. The number of hydrogen-bond acceptors (Lipinski definition) is 8. The molecule has 12 nitrogen and oxygen atoms in total. The number of allylic oxidation sites excluding steroid dienone is 3. The van der Waals surface area contributed by atoms with Crippen molar-refractivity contribution in [2.45, 2.75) is 13.5 Å². The van der Waals surface area contributed by atoms with E-state index in [1.54, 1.807) is 30.9 Å². The van der Waals surface area contributed by atoms with Gasteiger partial charge in [-0.2, -0.15) is 10.6 Å². The Morgan fingerprint density at radius 3 is 2.67 bits per heavy atom. The molecule has 7 N–H and O–H groups in total. The number of nitrogens with zero attached hydrogens (tertiary/aromatic N) is 5. The van der Waals surface area contributed by atoms with Gasteiger partial charge >= 0.3 is 0 Å².